The van der Waals surface area contributed by atoms with Crippen molar-refractivity contribution in [1.82, 2.24) is 25.4 Å². The van der Waals surface area contributed by atoms with Crippen molar-refractivity contribution in [2.75, 3.05) is 24.5 Å². The Labute approximate surface area is 184 Å². The molecule has 1 saturated heterocycles. The van der Waals surface area contributed by atoms with Crippen LogP contribution in [0.5, 0.6) is 0 Å². The smallest absolute Gasteiger partial charge is 0.192 e. The van der Waals surface area contributed by atoms with Crippen LogP contribution < -0.4 is 15.5 Å². The molecule has 1 atom stereocenters. The summed E-state index contributed by atoms with van der Waals surface area (Å²) < 4.78 is 1.96. The molecule has 1 fully saturated rings. The number of hydrogen-bond acceptors (Lipinski definition) is 4. The molecule has 7 nitrogen and oxygen atoms in total. The highest BCUT2D eigenvalue weighted by Gasteiger charge is 2.21. The Bertz CT molecular complexity index is 772. The van der Waals surface area contributed by atoms with Gasteiger partial charge in [0.2, 0.25) is 0 Å². The zero-order valence-electron chi connectivity index (χ0n) is 16.6. The largest absolute Gasteiger partial charge is 0.369 e. The number of piperidine rings is 1. The zero-order chi connectivity index (χ0) is 19.1. The Hall–Kier alpha value is -2.10. The molecule has 0 aliphatic carbocycles. The van der Waals surface area contributed by atoms with Gasteiger partial charge >= 0.3 is 0 Å². The number of nitrogens with zero attached hydrogens (tertiary/aromatic N) is 5. The zero-order valence-corrected chi connectivity index (χ0v) is 19.0. The summed E-state index contributed by atoms with van der Waals surface area (Å²) in [5.41, 5.74) is 1.27. The van der Waals surface area contributed by atoms with Gasteiger partial charge in [-0.15, -0.1) is 40.8 Å². The number of para-hydroxylation sites is 1. The molecular formula is C20H30IN7. The van der Waals surface area contributed by atoms with Crippen LogP contribution in [0, 0.1) is 6.92 Å². The van der Waals surface area contributed by atoms with E-state index in [1.54, 1.807) is 0 Å². The number of aliphatic imine (C=N–C) groups is 1. The molecule has 3 rings (SSSR count). The molecule has 0 amide bonds. The van der Waals surface area contributed by atoms with E-state index in [2.05, 4.69) is 62.6 Å². The number of nitrogens with one attached hydrogen (secondary N) is 2. The van der Waals surface area contributed by atoms with Crippen LogP contribution in [0.25, 0.3) is 0 Å². The average Bonchev–Trinajstić information content (AvgIpc) is 3.03. The van der Waals surface area contributed by atoms with Crippen LogP contribution in [-0.2, 0) is 13.6 Å². The second-order valence-corrected chi connectivity index (χ2v) is 6.82. The van der Waals surface area contributed by atoms with Crippen molar-refractivity contribution >= 4 is 35.6 Å². The van der Waals surface area contributed by atoms with E-state index in [4.69, 9.17) is 4.99 Å². The fourth-order valence-corrected chi connectivity index (χ4v) is 3.22. The minimum absolute atomic E-state index is 0. The number of guanidine groups is 1. The van der Waals surface area contributed by atoms with Gasteiger partial charge in [-0.25, -0.2) is 4.99 Å². The third-order valence-electron chi connectivity index (χ3n) is 4.86. The normalized spacial score (nSPS) is 17.0. The number of anilines is 1. The number of halogens is 1. The van der Waals surface area contributed by atoms with Crippen molar-refractivity contribution in [3.8, 4) is 0 Å². The Morgan fingerprint density at radius 2 is 2.11 bits per heavy atom. The summed E-state index contributed by atoms with van der Waals surface area (Å²) in [5, 5.41) is 15.2. The summed E-state index contributed by atoms with van der Waals surface area (Å²) in [5.74, 6) is 2.52. The second kappa shape index (κ2) is 11.0. The van der Waals surface area contributed by atoms with Gasteiger partial charge in [0.25, 0.3) is 0 Å². The summed E-state index contributed by atoms with van der Waals surface area (Å²) in [6.45, 7) is 8.93. The Morgan fingerprint density at radius 3 is 2.79 bits per heavy atom. The molecule has 152 valence electrons. The van der Waals surface area contributed by atoms with Gasteiger partial charge in [-0.05, 0) is 31.9 Å². The highest BCUT2D eigenvalue weighted by Crippen LogP contribution is 2.19. The molecule has 1 unspecified atom stereocenters. The Kier molecular flexibility index (Phi) is 8.75. The van der Waals surface area contributed by atoms with E-state index in [1.165, 1.54) is 5.69 Å². The molecule has 28 heavy (non-hydrogen) atoms. The summed E-state index contributed by atoms with van der Waals surface area (Å²) in [7, 11) is 1.96. The fraction of sp³-hybridized carbons (Fsp3) is 0.450. The predicted octanol–water partition coefficient (Wildman–Crippen LogP) is 2.63. The van der Waals surface area contributed by atoms with Gasteiger partial charge in [-0.3, -0.25) is 0 Å². The molecular weight excluding hydrogens is 465 g/mol. The van der Waals surface area contributed by atoms with Crippen molar-refractivity contribution in [3.63, 3.8) is 0 Å². The first-order valence-electron chi connectivity index (χ1n) is 9.48. The van der Waals surface area contributed by atoms with Crippen LogP contribution >= 0.6 is 24.0 Å². The topological polar surface area (TPSA) is 70.4 Å². The molecule has 1 aromatic carbocycles. The minimum atomic E-state index is 0. The monoisotopic (exact) mass is 495 g/mol. The molecule has 8 heteroatoms. The SMILES string of the molecule is C=CCNC(=NCc1nnc(C)n1C)NC1CCCN(c2ccccc2)C1.I. The lowest BCUT2D eigenvalue weighted by Gasteiger charge is -2.35. The van der Waals surface area contributed by atoms with Gasteiger partial charge in [0.05, 0.1) is 0 Å². The first kappa shape index (κ1) is 22.2. The van der Waals surface area contributed by atoms with Gasteiger partial charge in [0, 0.05) is 38.4 Å². The molecule has 1 aliphatic rings. The third kappa shape index (κ3) is 5.95. The van der Waals surface area contributed by atoms with Crippen molar-refractivity contribution < 1.29 is 0 Å². The third-order valence-corrected chi connectivity index (χ3v) is 4.86. The van der Waals surface area contributed by atoms with Crippen molar-refractivity contribution in [3.05, 3.63) is 54.6 Å². The number of aryl methyl sites for hydroxylation is 1. The van der Waals surface area contributed by atoms with E-state index in [1.807, 2.05) is 24.6 Å². The van der Waals surface area contributed by atoms with Crippen molar-refractivity contribution in [2.45, 2.75) is 32.4 Å². The van der Waals surface area contributed by atoms with Crippen LogP contribution in [0.4, 0.5) is 5.69 Å². The summed E-state index contributed by atoms with van der Waals surface area (Å²) in [4.78, 5) is 7.13. The van der Waals surface area contributed by atoms with E-state index >= 15 is 0 Å². The Balaban J connectivity index is 0.00000280. The maximum absolute atomic E-state index is 4.70. The highest BCUT2D eigenvalue weighted by molar-refractivity contribution is 14.0. The molecule has 2 heterocycles. The van der Waals surface area contributed by atoms with Gasteiger partial charge < -0.3 is 20.1 Å². The molecule has 2 N–H and O–H groups in total. The standard InChI is InChI=1S/C20H29N7.HI/c1-4-12-21-20(22-14-19-25-24-16(2)26(19)3)23-17-9-8-13-27(15-17)18-10-6-5-7-11-18;/h4-7,10-11,17H,1,8-9,12-15H2,2-3H3,(H2,21,22,23);1H. The van der Waals surface area contributed by atoms with E-state index in [0.29, 0.717) is 19.1 Å². The molecule has 0 bridgehead atoms. The van der Waals surface area contributed by atoms with Crippen molar-refractivity contribution in [1.29, 1.82) is 0 Å². The quantitative estimate of drug-likeness (QED) is 0.279. The van der Waals surface area contributed by atoms with Crippen LogP contribution in [0.1, 0.15) is 24.5 Å². The van der Waals surface area contributed by atoms with E-state index < -0.39 is 0 Å². The van der Waals surface area contributed by atoms with E-state index in [0.717, 1.165) is 43.5 Å². The number of rotatable bonds is 6. The lowest BCUT2D eigenvalue weighted by molar-refractivity contribution is 0.468. The number of benzene rings is 1. The lowest BCUT2D eigenvalue weighted by atomic mass is 10.1. The fourth-order valence-electron chi connectivity index (χ4n) is 3.22. The summed E-state index contributed by atoms with van der Waals surface area (Å²) in [6, 6.07) is 10.9. The minimum Gasteiger partial charge on any atom is -0.369 e. The number of aromatic nitrogens is 3. The molecule has 0 saturated carbocycles. The predicted molar refractivity (Wildman–Crippen MR) is 125 cm³/mol. The second-order valence-electron chi connectivity index (χ2n) is 6.82. The molecule has 0 spiro atoms. The maximum atomic E-state index is 4.70. The molecule has 1 aromatic heterocycles. The first-order valence-corrected chi connectivity index (χ1v) is 9.48. The van der Waals surface area contributed by atoms with Gasteiger partial charge in [0.1, 0.15) is 12.4 Å². The lowest BCUT2D eigenvalue weighted by Crippen LogP contribution is -2.51. The number of hydrogen-bond donors (Lipinski definition) is 2. The molecule has 2 aromatic rings. The van der Waals surface area contributed by atoms with E-state index in [-0.39, 0.29) is 24.0 Å². The average molecular weight is 495 g/mol. The molecule has 1 aliphatic heterocycles. The van der Waals surface area contributed by atoms with Crippen LogP contribution in [0.3, 0.4) is 0 Å². The van der Waals surface area contributed by atoms with Gasteiger partial charge in [0.15, 0.2) is 11.8 Å². The van der Waals surface area contributed by atoms with Crippen LogP contribution in [0.2, 0.25) is 0 Å². The Morgan fingerprint density at radius 1 is 1.32 bits per heavy atom. The summed E-state index contributed by atoms with van der Waals surface area (Å²) >= 11 is 0. The van der Waals surface area contributed by atoms with E-state index in [9.17, 15) is 0 Å². The van der Waals surface area contributed by atoms with Crippen molar-refractivity contribution in [2.24, 2.45) is 12.0 Å². The first-order chi connectivity index (χ1) is 13.2. The maximum Gasteiger partial charge on any atom is 0.192 e. The summed E-state index contributed by atoms with van der Waals surface area (Å²) in [6.07, 6.45) is 4.12. The van der Waals surface area contributed by atoms with Crippen LogP contribution in [-0.4, -0.2) is 46.4 Å². The molecule has 0 radical (unpaired) electrons. The van der Waals surface area contributed by atoms with Gasteiger partial charge in [-0.1, -0.05) is 24.3 Å². The van der Waals surface area contributed by atoms with Gasteiger partial charge in [-0.2, -0.15) is 0 Å². The highest BCUT2D eigenvalue weighted by atomic mass is 127. The van der Waals surface area contributed by atoms with Crippen LogP contribution in [0.15, 0.2) is 48.0 Å².